The lowest BCUT2D eigenvalue weighted by molar-refractivity contribution is -0.138. The average molecular weight is 602 g/mol. The third-order valence-corrected chi connectivity index (χ3v) is 7.75. The Hall–Kier alpha value is -3.73. The number of fused-ring (bicyclic) bond motifs is 1. The van der Waals surface area contributed by atoms with Gasteiger partial charge in [0.15, 0.2) is 0 Å². The fraction of sp³-hybridized carbons (Fsp3) is 0.406. The van der Waals surface area contributed by atoms with Gasteiger partial charge in [-0.3, -0.25) is 4.98 Å². The molecule has 0 saturated carbocycles. The van der Waals surface area contributed by atoms with Crippen molar-refractivity contribution in [1.29, 1.82) is 0 Å². The van der Waals surface area contributed by atoms with Gasteiger partial charge in [0.1, 0.15) is 11.6 Å². The van der Waals surface area contributed by atoms with Crippen molar-refractivity contribution in [3.8, 4) is 11.3 Å². The maximum atomic E-state index is 13.8. The lowest BCUT2D eigenvalue weighted by atomic mass is 9.83. The van der Waals surface area contributed by atoms with Crippen LogP contribution in [0.15, 0.2) is 60.8 Å². The number of alkyl halides is 6. The van der Waals surface area contributed by atoms with Crippen molar-refractivity contribution in [1.82, 2.24) is 19.9 Å². The van der Waals surface area contributed by atoms with E-state index in [0.29, 0.717) is 47.1 Å². The Morgan fingerprint density at radius 1 is 0.953 bits per heavy atom. The summed E-state index contributed by atoms with van der Waals surface area (Å²) in [6.07, 6.45) is -5.05. The molecule has 2 aromatic carbocycles. The summed E-state index contributed by atoms with van der Waals surface area (Å²) in [5.41, 5.74) is -0.658. The molecule has 228 valence electrons. The summed E-state index contributed by atoms with van der Waals surface area (Å²) < 4.78 is 80.6. The fourth-order valence-corrected chi connectivity index (χ4v) is 5.92. The third-order valence-electron chi connectivity index (χ3n) is 7.75. The van der Waals surface area contributed by atoms with Crippen LogP contribution in [0.25, 0.3) is 22.2 Å². The van der Waals surface area contributed by atoms with E-state index in [1.165, 1.54) is 30.5 Å². The quantitative estimate of drug-likeness (QED) is 0.224. The van der Waals surface area contributed by atoms with Crippen LogP contribution in [0.4, 0.5) is 37.8 Å². The number of nitrogens with one attached hydrogen (secondary N) is 1. The van der Waals surface area contributed by atoms with Crippen molar-refractivity contribution >= 4 is 22.4 Å². The highest BCUT2D eigenvalue weighted by molar-refractivity contribution is 5.93. The lowest BCUT2D eigenvalue weighted by Crippen LogP contribution is -2.34. The first kappa shape index (κ1) is 30.7. The first-order chi connectivity index (χ1) is 20.2. The molecule has 1 N–H and O–H groups in total. The molecule has 1 atom stereocenters. The molecule has 0 amide bonds. The smallest absolute Gasteiger partial charge is 0.340 e. The molecule has 0 radical (unpaired) electrons. The molecule has 0 spiro atoms. The normalized spacial score (nSPS) is 18.0. The second-order valence-corrected chi connectivity index (χ2v) is 12.1. The molecule has 0 bridgehead atoms. The molecule has 11 heteroatoms. The highest BCUT2D eigenvalue weighted by Gasteiger charge is 2.34. The van der Waals surface area contributed by atoms with Gasteiger partial charge in [0.25, 0.3) is 0 Å². The first-order valence-corrected chi connectivity index (χ1v) is 14.2. The van der Waals surface area contributed by atoms with Gasteiger partial charge in [-0.15, -0.1) is 0 Å². The highest BCUT2D eigenvalue weighted by atomic mass is 19.4. The molecule has 1 unspecified atom stereocenters. The lowest BCUT2D eigenvalue weighted by Gasteiger charge is -2.29. The summed E-state index contributed by atoms with van der Waals surface area (Å²) in [4.78, 5) is 15.8. The maximum absolute atomic E-state index is 13.8. The Labute approximate surface area is 246 Å². The largest absolute Gasteiger partial charge is 0.418 e. The molecule has 5 nitrogen and oxygen atoms in total. The Morgan fingerprint density at radius 2 is 1.70 bits per heavy atom. The first-order valence-electron chi connectivity index (χ1n) is 14.2. The third kappa shape index (κ3) is 7.44. The standard InChI is InChI=1S/C32H33F6N5/c1-20-12-15-43(19-30(2,3)18-20)16-13-27-41-26-17-21(28-25(32(36,37)38)5-4-14-39-28)6-11-24(26)29(42-27)40-23-9-7-22(8-10-23)31(33,34)35/h4-11,14,17,20H,12-13,15-16,18-19H2,1-3H3,(H,40,41,42). The number of halogens is 6. The molecule has 2 aromatic heterocycles. The minimum atomic E-state index is -4.59. The number of anilines is 2. The minimum absolute atomic E-state index is 0.156. The topological polar surface area (TPSA) is 53.9 Å². The van der Waals surface area contributed by atoms with Crippen molar-refractivity contribution in [2.75, 3.05) is 25.0 Å². The SMILES string of the molecule is CC1CCN(CCc2nc(Nc3ccc(C(F)(F)F)cc3)c3ccc(-c4ncccc4C(F)(F)F)cc3n2)CC(C)(C)C1. The van der Waals surface area contributed by atoms with E-state index in [1.54, 1.807) is 12.1 Å². The van der Waals surface area contributed by atoms with E-state index in [4.69, 9.17) is 9.97 Å². The minimum Gasteiger partial charge on any atom is -0.340 e. The number of likely N-dealkylation sites (tertiary alicyclic amines) is 1. The fourth-order valence-electron chi connectivity index (χ4n) is 5.92. The monoisotopic (exact) mass is 601 g/mol. The number of benzene rings is 2. The number of nitrogens with zero attached hydrogens (tertiary/aromatic N) is 4. The Morgan fingerprint density at radius 3 is 2.40 bits per heavy atom. The number of hydrogen-bond donors (Lipinski definition) is 1. The zero-order valence-electron chi connectivity index (χ0n) is 24.2. The predicted molar refractivity (Wildman–Crippen MR) is 155 cm³/mol. The molecule has 1 aliphatic rings. The molecular weight excluding hydrogens is 568 g/mol. The van der Waals surface area contributed by atoms with Crippen LogP contribution in [0.5, 0.6) is 0 Å². The number of rotatable bonds is 6. The number of pyridine rings is 1. The van der Waals surface area contributed by atoms with Crippen molar-refractivity contribution in [3.05, 3.63) is 77.7 Å². The van der Waals surface area contributed by atoms with Crippen LogP contribution in [0, 0.1) is 11.3 Å². The molecule has 43 heavy (non-hydrogen) atoms. The van der Waals surface area contributed by atoms with Gasteiger partial charge in [0, 0.05) is 42.3 Å². The Bertz CT molecular complexity index is 1580. The van der Waals surface area contributed by atoms with Crippen molar-refractivity contribution < 1.29 is 26.3 Å². The highest BCUT2D eigenvalue weighted by Crippen LogP contribution is 2.38. The predicted octanol–water partition coefficient (Wildman–Crippen LogP) is 8.77. The Kier molecular flexibility index (Phi) is 8.39. The van der Waals surface area contributed by atoms with Crippen LogP contribution in [0.2, 0.25) is 0 Å². The second kappa shape index (κ2) is 11.7. The van der Waals surface area contributed by atoms with Crippen LogP contribution in [-0.4, -0.2) is 39.5 Å². The summed E-state index contributed by atoms with van der Waals surface area (Å²) in [6.45, 7) is 9.34. The number of aromatic nitrogens is 3. The molecule has 0 aliphatic carbocycles. The second-order valence-electron chi connectivity index (χ2n) is 12.1. The molecular formula is C32H33F6N5. The van der Waals surface area contributed by atoms with Gasteiger partial charge in [-0.2, -0.15) is 26.3 Å². The summed E-state index contributed by atoms with van der Waals surface area (Å²) in [6, 6.07) is 11.5. The Balaban J connectivity index is 1.52. The molecule has 1 aliphatic heterocycles. The van der Waals surface area contributed by atoms with Crippen LogP contribution in [0.3, 0.4) is 0 Å². The molecule has 3 heterocycles. The molecule has 1 fully saturated rings. The van der Waals surface area contributed by atoms with Crippen molar-refractivity contribution in [2.45, 2.75) is 52.4 Å². The van der Waals surface area contributed by atoms with E-state index >= 15 is 0 Å². The van der Waals surface area contributed by atoms with Gasteiger partial charge in [-0.05, 0) is 79.3 Å². The summed E-state index contributed by atoms with van der Waals surface area (Å²) >= 11 is 0. The van der Waals surface area contributed by atoms with Gasteiger partial charge < -0.3 is 10.2 Å². The van der Waals surface area contributed by atoms with E-state index in [-0.39, 0.29) is 16.7 Å². The molecule has 5 rings (SSSR count). The van der Waals surface area contributed by atoms with Crippen LogP contribution < -0.4 is 5.32 Å². The van der Waals surface area contributed by atoms with E-state index in [0.717, 1.165) is 44.1 Å². The van der Waals surface area contributed by atoms with Gasteiger partial charge in [0.05, 0.1) is 22.3 Å². The van der Waals surface area contributed by atoms with Gasteiger partial charge >= 0.3 is 12.4 Å². The molecule has 1 saturated heterocycles. The average Bonchev–Trinajstić information content (AvgIpc) is 3.06. The van der Waals surface area contributed by atoms with E-state index in [2.05, 4.69) is 36.0 Å². The molecule has 4 aromatic rings. The van der Waals surface area contributed by atoms with E-state index < -0.39 is 23.5 Å². The van der Waals surface area contributed by atoms with Crippen LogP contribution in [0.1, 0.15) is 50.6 Å². The summed E-state index contributed by atoms with van der Waals surface area (Å²) in [5.74, 6) is 1.45. The van der Waals surface area contributed by atoms with Gasteiger partial charge in [-0.1, -0.05) is 26.8 Å². The van der Waals surface area contributed by atoms with E-state index in [1.807, 2.05) is 0 Å². The van der Waals surface area contributed by atoms with Crippen molar-refractivity contribution in [2.24, 2.45) is 11.3 Å². The zero-order valence-corrected chi connectivity index (χ0v) is 24.2. The van der Waals surface area contributed by atoms with Crippen LogP contribution in [-0.2, 0) is 18.8 Å². The zero-order chi connectivity index (χ0) is 31.0. The van der Waals surface area contributed by atoms with Crippen molar-refractivity contribution in [3.63, 3.8) is 0 Å². The van der Waals surface area contributed by atoms with Crippen LogP contribution >= 0.6 is 0 Å². The van der Waals surface area contributed by atoms with Gasteiger partial charge in [-0.25, -0.2) is 9.97 Å². The maximum Gasteiger partial charge on any atom is 0.418 e. The van der Waals surface area contributed by atoms with Gasteiger partial charge in [0.2, 0.25) is 0 Å². The summed E-state index contributed by atoms with van der Waals surface area (Å²) in [5, 5.41) is 3.62. The van der Waals surface area contributed by atoms with E-state index in [9.17, 15) is 26.3 Å². The summed E-state index contributed by atoms with van der Waals surface area (Å²) in [7, 11) is 0. The number of hydrogen-bond acceptors (Lipinski definition) is 5.